The molecule has 66 heteroatoms. The first-order valence-electron chi connectivity index (χ1n) is 47.2. The molecule has 0 saturated carbocycles. The van der Waals surface area contributed by atoms with Crippen LogP contribution in [0.1, 0.15) is 34.6 Å². The van der Waals surface area contributed by atoms with Gasteiger partial charge in [0.25, 0.3) is 0 Å². The van der Waals surface area contributed by atoms with Gasteiger partial charge in [-0.05, 0) is 0 Å². The molecule has 0 aromatic heterocycles. The minimum absolute atomic E-state index is 0.868. The number of hydrogen-bond acceptors (Lipinski definition) is 61. The van der Waals surface area contributed by atoms with Gasteiger partial charge in [-0.1, -0.05) is 0 Å². The van der Waals surface area contributed by atoms with Crippen LogP contribution in [0.2, 0.25) is 0 Å². The van der Waals surface area contributed by atoms with Crippen molar-refractivity contribution in [3.63, 3.8) is 0 Å². The van der Waals surface area contributed by atoms with Crippen molar-refractivity contribution < 1.29 is 301 Å². The Balaban J connectivity index is 0.852. The van der Waals surface area contributed by atoms with Crippen LogP contribution in [-0.4, -0.2) is 645 Å². The van der Waals surface area contributed by atoms with E-state index in [0.29, 0.717) is 0 Å². The number of rotatable bonds is 39. The van der Waals surface area contributed by atoms with Crippen molar-refractivity contribution in [1.29, 1.82) is 0 Å². The highest BCUT2D eigenvalue weighted by Gasteiger charge is 2.64. The summed E-state index contributed by atoms with van der Waals surface area (Å²) in [5.74, 6) is -5.07. The molecule has 12 rings (SSSR count). The molecular formula is C82H137N5O61. The zero-order chi connectivity index (χ0) is 109. The fraction of sp³-hybridized carbons (Fsp3) is 0.939. The van der Waals surface area contributed by atoms with Gasteiger partial charge in [-0.25, -0.2) is 0 Å². The quantitative estimate of drug-likeness (QED) is 0.0272. The van der Waals surface area contributed by atoms with Crippen molar-refractivity contribution in [2.24, 2.45) is 0 Å². The van der Waals surface area contributed by atoms with Gasteiger partial charge in [-0.3, -0.25) is 24.0 Å². The van der Waals surface area contributed by atoms with E-state index < -0.39 is 477 Å². The van der Waals surface area contributed by atoms with Gasteiger partial charge in [-0.15, -0.1) is 0 Å². The molecule has 0 aliphatic carbocycles. The SMILES string of the molecule is CC(=O)N[C@H]1[C@H](OC[C@H]2O[C@@H](O[C@H]3[C@H](O)[C@@H](NC(C)=O)[C@H](OC[C@H]4O[C@@H](O[C@H]5[C@H](O)[C@@H](NC(C)=O)[C@H](O[C@H]6[C@@H](O)[C@@H](CO)O[C@@H](O[C@H]7[C@H](O)[C@@H](O)C(O)O[C@@H]7CO)[C@@H]6O)O[C@@H]5CO)[C@H](O)[C@@H](O[C@@H]5O[C@H](CO)[C@@H](O[C@@H]6O[C@H](CO)[C@H](O)[C@H](O)[C@H]6O)[C@H](O)[C@H]5NC(C)=O)[C@H]4O)O[C@@H]3CO)[C@H](O)[C@@H](O[C@@H]3O[C@H](CO)[C@@H](O[C@@H]4O[C@H](CO)[C@H](O)[C@H](O)[C@H]4O)[C@H](O)[C@H]3NC(C)=O)[C@H]2O)O[C@H](CO)[C@@H](O[C@@H]2O[C@H](CO)[C@H](O)[C@H](O)[C@H]2O)[C@@H]1O. The molecule has 0 bridgehead atoms. The van der Waals surface area contributed by atoms with E-state index in [-0.39, 0.29) is 0 Å². The number of ether oxygens (including phenoxy) is 23. The topological polar surface area (TPSA) is 1030 Å². The summed E-state index contributed by atoms with van der Waals surface area (Å²) < 4.78 is 137. The molecule has 0 spiro atoms. The van der Waals surface area contributed by atoms with Crippen molar-refractivity contribution in [2.45, 2.75) is 403 Å². The van der Waals surface area contributed by atoms with Crippen molar-refractivity contribution in [1.82, 2.24) is 26.6 Å². The summed E-state index contributed by atoms with van der Waals surface area (Å²) >= 11 is 0. The number of hydrogen-bond donors (Lipinski definition) is 38. The van der Waals surface area contributed by atoms with Crippen LogP contribution >= 0.6 is 0 Å². The van der Waals surface area contributed by atoms with Crippen LogP contribution in [0.4, 0.5) is 0 Å². The zero-order valence-corrected chi connectivity index (χ0v) is 79.3. The maximum atomic E-state index is 13.6. The predicted molar refractivity (Wildman–Crippen MR) is 453 cm³/mol. The van der Waals surface area contributed by atoms with Crippen molar-refractivity contribution in [3.05, 3.63) is 0 Å². The normalized spacial score (nSPS) is 49.3. The second-order valence-electron chi connectivity index (χ2n) is 37.4. The van der Waals surface area contributed by atoms with Crippen molar-refractivity contribution in [2.75, 3.05) is 79.3 Å². The second kappa shape index (κ2) is 53.4. The maximum Gasteiger partial charge on any atom is 0.217 e. The fourth-order valence-electron chi connectivity index (χ4n) is 19.3. The minimum Gasteiger partial charge on any atom is -0.394 e. The number of nitrogens with one attached hydrogen (secondary N) is 5. The first-order chi connectivity index (χ1) is 70.1. The van der Waals surface area contributed by atoms with Crippen LogP contribution in [0.15, 0.2) is 0 Å². The van der Waals surface area contributed by atoms with Crippen LogP contribution in [0, 0.1) is 0 Å². The van der Waals surface area contributed by atoms with Crippen LogP contribution in [-0.2, 0) is 133 Å². The van der Waals surface area contributed by atoms with Gasteiger partial charge in [0.05, 0.1) is 79.3 Å². The third kappa shape index (κ3) is 26.9. The molecule has 12 fully saturated rings. The molecule has 1 unspecified atom stereocenters. The Morgan fingerprint density at radius 3 is 0.581 bits per heavy atom. The number of amides is 5. The van der Waals surface area contributed by atoms with E-state index in [4.69, 9.17) is 109 Å². The lowest BCUT2D eigenvalue weighted by molar-refractivity contribution is -0.390. The Morgan fingerprint density at radius 1 is 0.176 bits per heavy atom. The number of carbonyl (C=O) groups is 5. The molecule has 5 amide bonds. The molecule has 0 radical (unpaired) electrons. The Morgan fingerprint density at radius 2 is 0.351 bits per heavy atom. The molecule has 148 heavy (non-hydrogen) atoms. The first-order valence-corrected chi connectivity index (χ1v) is 47.2. The van der Waals surface area contributed by atoms with E-state index in [2.05, 4.69) is 26.6 Å². The van der Waals surface area contributed by atoms with Gasteiger partial charge in [0.15, 0.2) is 75.5 Å². The summed E-state index contributed by atoms with van der Waals surface area (Å²) in [6, 6.07) is -10.1. The van der Waals surface area contributed by atoms with Crippen LogP contribution < -0.4 is 26.6 Å². The monoisotopic (exact) mass is 2170 g/mol. The number of aliphatic hydroxyl groups excluding tert-OH is 33. The lowest BCUT2D eigenvalue weighted by Crippen LogP contribution is -2.71. The summed E-state index contributed by atoms with van der Waals surface area (Å²) in [5.41, 5.74) is 0. The summed E-state index contributed by atoms with van der Waals surface area (Å²) in [6.45, 7) is -9.23. The molecule has 856 valence electrons. The molecule has 12 aliphatic rings. The Bertz CT molecular complexity index is 4130. The van der Waals surface area contributed by atoms with E-state index in [9.17, 15) is 192 Å². The van der Waals surface area contributed by atoms with E-state index in [1.807, 2.05) is 0 Å². The Hall–Kier alpha value is -4.89. The Kier molecular flexibility index (Phi) is 43.9. The molecule has 0 aromatic rings. The van der Waals surface area contributed by atoms with Gasteiger partial charge in [0.1, 0.15) is 293 Å². The molecule has 12 aliphatic heterocycles. The molecule has 66 nitrogen and oxygen atoms in total. The summed E-state index contributed by atoms with van der Waals surface area (Å²) in [7, 11) is 0. The third-order valence-electron chi connectivity index (χ3n) is 27.1. The molecule has 60 atom stereocenters. The average molecular weight is 2170 g/mol. The van der Waals surface area contributed by atoms with Crippen LogP contribution in [0.3, 0.4) is 0 Å². The van der Waals surface area contributed by atoms with Gasteiger partial charge in [0.2, 0.25) is 29.5 Å². The minimum atomic E-state index is -2.61. The molecule has 0 aromatic carbocycles. The molecule has 38 N–H and O–H groups in total. The molecular weight excluding hydrogens is 2030 g/mol. The Labute approximate surface area is 837 Å². The third-order valence-corrected chi connectivity index (χ3v) is 27.1. The lowest BCUT2D eigenvalue weighted by Gasteiger charge is -2.51. The van der Waals surface area contributed by atoms with Gasteiger partial charge in [-0.2, -0.15) is 0 Å². The highest BCUT2D eigenvalue weighted by molar-refractivity contribution is 5.75. The largest absolute Gasteiger partial charge is 0.394 e. The highest BCUT2D eigenvalue weighted by Crippen LogP contribution is 2.43. The maximum absolute atomic E-state index is 13.6. The van der Waals surface area contributed by atoms with Crippen molar-refractivity contribution >= 4 is 29.5 Å². The second-order valence-corrected chi connectivity index (χ2v) is 37.4. The number of carbonyl (C=O) groups excluding carboxylic acids is 5. The first kappa shape index (κ1) is 122. The fourth-order valence-corrected chi connectivity index (χ4v) is 19.3. The summed E-state index contributed by atoms with van der Waals surface area (Å²) in [4.78, 5) is 66.2. The molecule has 12 heterocycles. The van der Waals surface area contributed by atoms with E-state index in [1.165, 1.54) is 0 Å². The van der Waals surface area contributed by atoms with Crippen LogP contribution in [0.25, 0.3) is 0 Å². The van der Waals surface area contributed by atoms with E-state index >= 15 is 0 Å². The summed E-state index contributed by atoms with van der Waals surface area (Å²) in [6.07, 6.45) is -117. The van der Waals surface area contributed by atoms with Gasteiger partial charge >= 0.3 is 0 Å². The number of aliphatic hydroxyl groups is 33. The van der Waals surface area contributed by atoms with Crippen molar-refractivity contribution in [3.8, 4) is 0 Å². The standard InChI is InChI=1S/C82H137N5O61/c1-18(98)83-35-46(109)62(140-77-56(119)51(114)40(103)23(6-88)129-77)28(11-93)133-72(35)126-16-33-44(107)69(147-75-37(85-20(3)100)48(111)64(30(13-95)135-75)141-78-57(120)52(115)41(104)24(7-89)130-78)60(123)81(138-33)143-63-29(12-94)134-73(36(47(63)110)84-19(2)99)127-17-34-45(108)70(148-76-38(86-21(4)101)49(112)65(31(14-96)136-76)142-79-58(121)53(116)42(105)25(8-90)131-79)61(124)82(139-34)144-66-32(15-97)137-74(39(50(66)113)87-22(5)102)146-68-43(106)26(9-91)132-80(59(68)122)145-67-27(10-92)128-71(125)55(118)54(67)117/h23-82,88-97,103-125H,6-17H2,1-5H3,(H,83,98)(H,84,99)(H,85,100)(H,86,101)(H,87,102)/t23-,24-,25-,26-,27-,28-,29-,30-,31-,32-,33-,34-,35-,36-,37-,38-,39-,40+,41+,42+,43+,44+,45+,46-,47-,48-,49-,50-,51+,52+,53+,54-,55-,56-,57-,58-,59-,60-,61-,62-,63-,64-,65-,66-,67-,68+,69+,70+,71?,72-,73-,74+,75+,76+,77+,78+,79+,80+,81+,82+/m1/s1. The summed E-state index contributed by atoms with van der Waals surface area (Å²) in [5, 5.41) is 381. The highest BCUT2D eigenvalue weighted by atomic mass is 16.8. The predicted octanol–water partition coefficient (Wildman–Crippen LogP) is -26.4. The molecule has 12 saturated heterocycles. The van der Waals surface area contributed by atoms with Crippen LogP contribution in [0.5, 0.6) is 0 Å². The van der Waals surface area contributed by atoms with E-state index in [0.717, 1.165) is 34.6 Å². The smallest absolute Gasteiger partial charge is 0.217 e. The van der Waals surface area contributed by atoms with Gasteiger partial charge < -0.3 is 304 Å². The van der Waals surface area contributed by atoms with Gasteiger partial charge in [0, 0.05) is 34.6 Å². The van der Waals surface area contributed by atoms with E-state index in [1.54, 1.807) is 0 Å². The zero-order valence-electron chi connectivity index (χ0n) is 79.3. The lowest BCUT2D eigenvalue weighted by atomic mass is 9.93. The average Bonchev–Trinajstić information content (AvgIpc) is 0.758.